The van der Waals surface area contributed by atoms with Gasteiger partial charge in [-0.15, -0.1) is 0 Å². The first kappa shape index (κ1) is 14.3. The van der Waals surface area contributed by atoms with Gasteiger partial charge in [-0.3, -0.25) is 4.99 Å². The Balaban J connectivity index is 1.85. The first-order chi connectivity index (χ1) is 9.17. The quantitative estimate of drug-likeness (QED) is 0.897. The molecule has 0 aliphatic carbocycles. The Morgan fingerprint density at radius 1 is 1.37 bits per heavy atom. The van der Waals surface area contributed by atoms with Crippen LogP contribution in [0.3, 0.4) is 0 Å². The number of ether oxygens (including phenoxy) is 1. The van der Waals surface area contributed by atoms with E-state index in [0.29, 0.717) is 6.04 Å². The lowest BCUT2D eigenvalue weighted by atomic mass is 10.1. The summed E-state index contributed by atoms with van der Waals surface area (Å²) in [5.74, 6) is 2.76. The number of amidine groups is 1. The van der Waals surface area contributed by atoms with Crippen LogP contribution in [0.25, 0.3) is 0 Å². The van der Waals surface area contributed by atoms with Crippen LogP contribution >= 0.6 is 11.8 Å². The molecular formula is C15H22N2OS. The van der Waals surface area contributed by atoms with E-state index in [2.05, 4.69) is 36.3 Å². The lowest BCUT2D eigenvalue weighted by molar-refractivity contribution is 0.414. The van der Waals surface area contributed by atoms with Gasteiger partial charge in [-0.2, -0.15) is 0 Å². The van der Waals surface area contributed by atoms with Crippen molar-refractivity contribution in [1.82, 2.24) is 5.32 Å². The summed E-state index contributed by atoms with van der Waals surface area (Å²) in [6.45, 7) is 5.26. The Bertz CT molecular complexity index is 428. The Labute approximate surface area is 119 Å². The summed E-state index contributed by atoms with van der Waals surface area (Å²) in [7, 11) is 1.68. The van der Waals surface area contributed by atoms with Gasteiger partial charge in [0.05, 0.1) is 13.7 Å². The summed E-state index contributed by atoms with van der Waals surface area (Å²) in [6.07, 6.45) is 1.22. The first-order valence-corrected chi connectivity index (χ1v) is 7.72. The van der Waals surface area contributed by atoms with E-state index in [1.54, 1.807) is 7.11 Å². The SMILES string of the molecule is COc1ccc(CN=C2NC(CC(C)C)CS2)cc1. The lowest BCUT2D eigenvalue weighted by Crippen LogP contribution is -2.28. The minimum atomic E-state index is 0.583. The third-order valence-electron chi connectivity index (χ3n) is 3.07. The van der Waals surface area contributed by atoms with Gasteiger partial charge < -0.3 is 10.1 Å². The maximum Gasteiger partial charge on any atom is 0.157 e. The topological polar surface area (TPSA) is 33.6 Å². The third kappa shape index (κ3) is 4.46. The van der Waals surface area contributed by atoms with Gasteiger partial charge in [-0.25, -0.2) is 0 Å². The van der Waals surface area contributed by atoms with Crippen molar-refractivity contribution in [3.8, 4) is 5.75 Å². The highest BCUT2D eigenvalue weighted by Gasteiger charge is 2.20. The predicted octanol–water partition coefficient (Wildman–Crippen LogP) is 3.30. The molecule has 4 heteroatoms. The minimum absolute atomic E-state index is 0.583. The van der Waals surface area contributed by atoms with Gasteiger partial charge in [-0.1, -0.05) is 37.7 Å². The molecule has 0 bridgehead atoms. The molecule has 0 aromatic heterocycles. The Morgan fingerprint density at radius 2 is 2.11 bits per heavy atom. The molecule has 1 aliphatic heterocycles. The zero-order valence-electron chi connectivity index (χ0n) is 11.8. The number of rotatable bonds is 5. The van der Waals surface area contributed by atoms with E-state index in [1.807, 2.05) is 23.9 Å². The molecule has 104 valence electrons. The number of nitrogens with zero attached hydrogens (tertiary/aromatic N) is 1. The van der Waals surface area contributed by atoms with Crippen molar-refractivity contribution in [2.24, 2.45) is 10.9 Å². The molecule has 19 heavy (non-hydrogen) atoms. The van der Waals surface area contributed by atoms with Crippen LogP contribution in [0.5, 0.6) is 5.75 Å². The minimum Gasteiger partial charge on any atom is -0.497 e. The van der Waals surface area contributed by atoms with Crippen LogP contribution in [0.1, 0.15) is 25.8 Å². The van der Waals surface area contributed by atoms with Crippen LogP contribution in [0.15, 0.2) is 29.3 Å². The van der Waals surface area contributed by atoms with Gasteiger partial charge in [0.25, 0.3) is 0 Å². The fourth-order valence-electron chi connectivity index (χ4n) is 2.12. The Morgan fingerprint density at radius 3 is 2.74 bits per heavy atom. The summed E-state index contributed by atoms with van der Waals surface area (Å²) in [6, 6.07) is 8.67. The second kappa shape index (κ2) is 6.85. The van der Waals surface area contributed by atoms with E-state index in [4.69, 9.17) is 4.74 Å². The number of nitrogens with one attached hydrogen (secondary N) is 1. The predicted molar refractivity (Wildman–Crippen MR) is 83.0 cm³/mol. The van der Waals surface area contributed by atoms with E-state index in [9.17, 15) is 0 Å². The summed E-state index contributed by atoms with van der Waals surface area (Å²) < 4.78 is 5.15. The van der Waals surface area contributed by atoms with Crippen molar-refractivity contribution < 1.29 is 4.74 Å². The summed E-state index contributed by atoms with van der Waals surface area (Å²) in [5, 5.41) is 4.59. The van der Waals surface area contributed by atoms with Gasteiger partial charge in [0.15, 0.2) is 5.17 Å². The van der Waals surface area contributed by atoms with Crippen molar-refractivity contribution in [1.29, 1.82) is 0 Å². The molecule has 1 aliphatic rings. The van der Waals surface area contributed by atoms with Crippen molar-refractivity contribution in [2.45, 2.75) is 32.9 Å². The molecule has 3 nitrogen and oxygen atoms in total. The normalized spacial score (nSPS) is 20.8. The highest BCUT2D eigenvalue weighted by atomic mass is 32.2. The molecule has 0 radical (unpaired) electrons. The molecular weight excluding hydrogens is 256 g/mol. The highest BCUT2D eigenvalue weighted by molar-refractivity contribution is 8.14. The van der Waals surface area contributed by atoms with Crippen LogP contribution < -0.4 is 10.1 Å². The molecule has 1 aromatic rings. The first-order valence-electron chi connectivity index (χ1n) is 6.74. The fourth-order valence-corrected chi connectivity index (χ4v) is 3.10. The average molecular weight is 278 g/mol. The monoisotopic (exact) mass is 278 g/mol. The summed E-state index contributed by atoms with van der Waals surface area (Å²) in [4.78, 5) is 4.63. The maximum absolute atomic E-state index is 5.15. The number of aliphatic imine (C=N–C) groups is 1. The number of hydrogen-bond acceptors (Lipinski definition) is 3. The molecule has 1 fully saturated rings. The lowest BCUT2D eigenvalue weighted by Gasteiger charge is -2.11. The van der Waals surface area contributed by atoms with E-state index in [1.165, 1.54) is 12.0 Å². The van der Waals surface area contributed by atoms with Crippen LogP contribution in [-0.2, 0) is 6.54 Å². The summed E-state index contributed by atoms with van der Waals surface area (Å²) >= 11 is 1.83. The molecule has 1 heterocycles. The number of benzene rings is 1. The molecule has 1 aromatic carbocycles. The molecule has 0 amide bonds. The maximum atomic E-state index is 5.15. The molecule has 1 saturated heterocycles. The van der Waals surface area contributed by atoms with Gasteiger partial charge in [0.2, 0.25) is 0 Å². The van der Waals surface area contributed by atoms with Crippen LogP contribution in [0, 0.1) is 5.92 Å². The average Bonchev–Trinajstić information content (AvgIpc) is 2.84. The van der Waals surface area contributed by atoms with Crippen LogP contribution in [-0.4, -0.2) is 24.1 Å². The highest BCUT2D eigenvalue weighted by Crippen LogP contribution is 2.20. The molecule has 0 spiro atoms. The zero-order valence-corrected chi connectivity index (χ0v) is 12.7. The van der Waals surface area contributed by atoms with Crippen molar-refractivity contribution in [2.75, 3.05) is 12.9 Å². The number of thioether (sulfide) groups is 1. The van der Waals surface area contributed by atoms with Crippen LogP contribution in [0.4, 0.5) is 0 Å². The Kier molecular flexibility index (Phi) is 5.14. The second-order valence-electron chi connectivity index (χ2n) is 5.25. The van der Waals surface area contributed by atoms with Crippen molar-refractivity contribution >= 4 is 16.9 Å². The van der Waals surface area contributed by atoms with Gasteiger partial charge >= 0.3 is 0 Å². The molecule has 1 atom stereocenters. The van der Waals surface area contributed by atoms with E-state index < -0.39 is 0 Å². The molecule has 0 saturated carbocycles. The van der Waals surface area contributed by atoms with Gasteiger partial charge in [0.1, 0.15) is 5.75 Å². The van der Waals surface area contributed by atoms with Crippen molar-refractivity contribution in [3.63, 3.8) is 0 Å². The summed E-state index contributed by atoms with van der Waals surface area (Å²) in [5.41, 5.74) is 1.21. The molecule has 2 rings (SSSR count). The van der Waals surface area contributed by atoms with Gasteiger partial charge in [0, 0.05) is 11.8 Å². The molecule has 1 N–H and O–H groups in total. The van der Waals surface area contributed by atoms with Crippen LogP contribution in [0.2, 0.25) is 0 Å². The molecule has 1 unspecified atom stereocenters. The standard InChI is InChI=1S/C15H22N2OS/c1-11(2)8-13-10-19-15(17-13)16-9-12-4-6-14(18-3)7-5-12/h4-7,11,13H,8-10H2,1-3H3,(H,16,17). The Hall–Kier alpha value is -1.16. The van der Waals surface area contributed by atoms with E-state index >= 15 is 0 Å². The zero-order chi connectivity index (χ0) is 13.7. The largest absolute Gasteiger partial charge is 0.497 e. The number of methoxy groups -OCH3 is 1. The number of hydrogen-bond donors (Lipinski definition) is 1. The smallest absolute Gasteiger partial charge is 0.157 e. The second-order valence-corrected chi connectivity index (χ2v) is 6.26. The van der Waals surface area contributed by atoms with E-state index in [-0.39, 0.29) is 0 Å². The van der Waals surface area contributed by atoms with Gasteiger partial charge in [-0.05, 0) is 30.0 Å². The van der Waals surface area contributed by atoms with E-state index in [0.717, 1.165) is 29.1 Å². The fraction of sp³-hybridized carbons (Fsp3) is 0.533. The van der Waals surface area contributed by atoms with Crippen molar-refractivity contribution in [3.05, 3.63) is 29.8 Å². The third-order valence-corrected chi connectivity index (χ3v) is 4.16.